The van der Waals surface area contributed by atoms with E-state index in [0.717, 1.165) is 0 Å². The Labute approximate surface area is 107 Å². The lowest BCUT2D eigenvalue weighted by atomic mass is 10.1. The van der Waals surface area contributed by atoms with Crippen LogP contribution in [0.1, 0.15) is 20.3 Å². The molecule has 0 aliphatic carbocycles. The summed E-state index contributed by atoms with van der Waals surface area (Å²) in [5.74, 6) is -0.633. The highest BCUT2D eigenvalue weighted by molar-refractivity contribution is 5.00. The summed E-state index contributed by atoms with van der Waals surface area (Å²) < 4.78 is 27.5. The summed E-state index contributed by atoms with van der Waals surface area (Å²) in [6.07, 6.45) is -0.560. The first-order valence-corrected chi connectivity index (χ1v) is 6.02. The van der Waals surface area contributed by atoms with Crippen LogP contribution in [0.4, 0.5) is 0 Å². The molecule has 0 saturated carbocycles. The van der Waals surface area contributed by atoms with Crippen LogP contribution in [0, 0.1) is 11.3 Å². The van der Waals surface area contributed by atoms with Gasteiger partial charge in [-0.15, -0.1) is 0 Å². The molecule has 6 nitrogen and oxygen atoms in total. The summed E-state index contributed by atoms with van der Waals surface area (Å²) in [7, 11) is 1.56. The van der Waals surface area contributed by atoms with Crippen molar-refractivity contribution in [3.63, 3.8) is 0 Å². The number of hydrogen-bond acceptors (Lipinski definition) is 6. The zero-order chi connectivity index (χ0) is 13.2. The summed E-state index contributed by atoms with van der Waals surface area (Å²) in [6, 6.07) is 2.11. The van der Waals surface area contributed by atoms with Gasteiger partial charge in [0, 0.05) is 7.11 Å². The maximum absolute atomic E-state index is 8.80. The van der Waals surface area contributed by atoms with Crippen LogP contribution in [0.3, 0.4) is 0 Å². The third-order valence-electron chi connectivity index (χ3n) is 3.02. The molecule has 2 heterocycles. The fourth-order valence-electron chi connectivity index (χ4n) is 2.41. The maximum Gasteiger partial charge on any atom is 0.164 e. The Hall–Kier alpha value is -0.710. The molecule has 6 heteroatoms. The molecule has 18 heavy (non-hydrogen) atoms. The van der Waals surface area contributed by atoms with Crippen molar-refractivity contribution in [1.82, 2.24) is 0 Å². The molecule has 0 N–H and O–H groups in total. The summed E-state index contributed by atoms with van der Waals surface area (Å²) in [5, 5.41) is 8.80. The largest absolute Gasteiger partial charge is 0.366 e. The molecule has 0 unspecified atom stereocenters. The molecule has 0 radical (unpaired) electrons. The van der Waals surface area contributed by atoms with Crippen LogP contribution in [-0.2, 0) is 23.7 Å². The van der Waals surface area contributed by atoms with Crippen LogP contribution in [-0.4, -0.2) is 50.7 Å². The van der Waals surface area contributed by atoms with Crippen molar-refractivity contribution in [2.75, 3.05) is 20.5 Å². The average molecular weight is 257 g/mol. The number of ether oxygens (including phenoxy) is 5. The van der Waals surface area contributed by atoms with Crippen molar-refractivity contribution >= 4 is 0 Å². The van der Waals surface area contributed by atoms with E-state index in [1.54, 1.807) is 7.11 Å². The number of hydrogen-bond donors (Lipinski definition) is 0. The molecule has 2 fully saturated rings. The standard InChI is InChI=1S/C12H19NO5/c1-12(2)17-10-8(4-5-13)16-9(11(10)18-12)6-15-7-14-3/h8-11H,4,6-7H2,1-3H3/t8-,9-,10+,11-/m1/s1. The SMILES string of the molecule is COCOC[C@H]1O[C@H](CC#N)[C@@H]2OC(C)(C)O[C@@H]21. The Balaban J connectivity index is 1.98. The van der Waals surface area contributed by atoms with E-state index < -0.39 is 5.79 Å². The number of nitriles is 1. The van der Waals surface area contributed by atoms with Crippen molar-refractivity contribution in [1.29, 1.82) is 5.26 Å². The van der Waals surface area contributed by atoms with Crippen LogP contribution in [0.15, 0.2) is 0 Å². The topological polar surface area (TPSA) is 69.9 Å². The second-order valence-electron chi connectivity index (χ2n) is 4.92. The van der Waals surface area contributed by atoms with Crippen molar-refractivity contribution in [2.45, 2.75) is 50.5 Å². The van der Waals surface area contributed by atoms with Gasteiger partial charge in [-0.1, -0.05) is 0 Å². The van der Waals surface area contributed by atoms with Gasteiger partial charge in [-0.3, -0.25) is 0 Å². The zero-order valence-corrected chi connectivity index (χ0v) is 10.9. The number of rotatable bonds is 5. The Morgan fingerprint density at radius 1 is 1.22 bits per heavy atom. The lowest BCUT2D eigenvalue weighted by molar-refractivity contribution is -0.194. The third-order valence-corrected chi connectivity index (χ3v) is 3.02. The van der Waals surface area contributed by atoms with E-state index in [1.807, 2.05) is 13.8 Å². The molecule has 102 valence electrons. The molecule has 0 bridgehead atoms. The minimum atomic E-state index is -0.633. The lowest BCUT2D eigenvalue weighted by Crippen LogP contribution is -2.33. The molecule has 2 saturated heterocycles. The van der Waals surface area contributed by atoms with Crippen molar-refractivity contribution in [2.24, 2.45) is 0 Å². The molecule has 0 aromatic rings. The lowest BCUT2D eigenvalue weighted by Gasteiger charge is -2.23. The fourth-order valence-corrected chi connectivity index (χ4v) is 2.41. The molecule has 2 aliphatic heterocycles. The minimum absolute atomic E-state index is 0.185. The average Bonchev–Trinajstić information content (AvgIpc) is 2.76. The maximum atomic E-state index is 8.80. The normalized spacial score (nSPS) is 37.4. The van der Waals surface area contributed by atoms with Crippen molar-refractivity contribution in [3.8, 4) is 6.07 Å². The first kappa shape index (κ1) is 13.7. The van der Waals surface area contributed by atoms with Crippen LogP contribution >= 0.6 is 0 Å². The highest BCUT2D eigenvalue weighted by Crippen LogP contribution is 2.39. The van der Waals surface area contributed by atoms with E-state index in [-0.39, 0.29) is 31.2 Å². The van der Waals surface area contributed by atoms with Gasteiger partial charge in [0.25, 0.3) is 0 Å². The third kappa shape index (κ3) is 2.82. The zero-order valence-electron chi connectivity index (χ0n) is 10.9. The van der Waals surface area contributed by atoms with Gasteiger partial charge in [-0.05, 0) is 13.8 Å². The number of methoxy groups -OCH3 is 1. The smallest absolute Gasteiger partial charge is 0.164 e. The van der Waals surface area contributed by atoms with Crippen molar-refractivity contribution in [3.05, 3.63) is 0 Å². The highest BCUT2D eigenvalue weighted by atomic mass is 16.8. The van der Waals surface area contributed by atoms with E-state index in [4.69, 9.17) is 28.9 Å². The van der Waals surface area contributed by atoms with E-state index in [9.17, 15) is 0 Å². The van der Waals surface area contributed by atoms with Gasteiger partial charge < -0.3 is 23.7 Å². The second kappa shape index (κ2) is 5.51. The second-order valence-corrected chi connectivity index (χ2v) is 4.92. The molecular weight excluding hydrogens is 238 g/mol. The van der Waals surface area contributed by atoms with Gasteiger partial charge in [0.05, 0.1) is 19.1 Å². The van der Waals surface area contributed by atoms with Crippen molar-refractivity contribution < 1.29 is 23.7 Å². The molecular formula is C12H19NO5. The Morgan fingerprint density at radius 3 is 2.50 bits per heavy atom. The fraction of sp³-hybridized carbons (Fsp3) is 0.917. The highest BCUT2D eigenvalue weighted by Gasteiger charge is 2.54. The Bertz CT molecular complexity index is 327. The Morgan fingerprint density at radius 2 is 1.89 bits per heavy atom. The molecule has 2 rings (SSSR count). The van der Waals surface area contributed by atoms with Gasteiger partial charge in [0.15, 0.2) is 5.79 Å². The van der Waals surface area contributed by atoms with E-state index >= 15 is 0 Å². The van der Waals surface area contributed by atoms with E-state index in [2.05, 4.69) is 6.07 Å². The first-order valence-electron chi connectivity index (χ1n) is 6.02. The molecule has 0 aromatic carbocycles. The molecule has 4 atom stereocenters. The van der Waals surface area contributed by atoms with Gasteiger partial charge in [-0.25, -0.2) is 0 Å². The van der Waals surface area contributed by atoms with E-state index in [0.29, 0.717) is 13.0 Å². The molecule has 0 spiro atoms. The van der Waals surface area contributed by atoms with Crippen LogP contribution in [0.2, 0.25) is 0 Å². The summed E-state index contributed by atoms with van der Waals surface area (Å²) in [5.41, 5.74) is 0. The predicted molar refractivity (Wildman–Crippen MR) is 60.5 cm³/mol. The predicted octanol–water partition coefficient (Wildman–Crippen LogP) is 0.808. The summed E-state index contributed by atoms with van der Waals surface area (Å²) in [4.78, 5) is 0. The van der Waals surface area contributed by atoms with Crippen LogP contribution < -0.4 is 0 Å². The number of fused-ring (bicyclic) bond motifs is 1. The van der Waals surface area contributed by atoms with Crippen LogP contribution in [0.5, 0.6) is 0 Å². The number of nitrogens with zero attached hydrogens (tertiary/aromatic N) is 1. The summed E-state index contributed by atoms with van der Waals surface area (Å²) in [6.45, 7) is 4.31. The van der Waals surface area contributed by atoms with Gasteiger partial charge >= 0.3 is 0 Å². The molecule has 0 amide bonds. The quantitative estimate of drug-likeness (QED) is 0.536. The molecule has 0 aromatic heterocycles. The van der Waals surface area contributed by atoms with Gasteiger partial charge in [0.1, 0.15) is 31.2 Å². The van der Waals surface area contributed by atoms with Gasteiger partial charge in [0.2, 0.25) is 0 Å². The van der Waals surface area contributed by atoms with Gasteiger partial charge in [-0.2, -0.15) is 5.26 Å². The minimum Gasteiger partial charge on any atom is -0.366 e. The molecule has 2 aliphatic rings. The monoisotopic (exact) mass is 257 g/mol. The first-order chi connectivity index (χ1) is 8.57. The summed E-state index contributed by atoms with van der Waals surface area (Å²) >= 11 is 0. The Kier molecular flexibility index (Phi) is 4.20. The van der Waals surface area contributed by atoms with Crippen LogP contribution in [0.25, 0.3) is 0 Å². The van der Waals surface area contributed by atoms with E-state index in [1.165, 1.54) is 0 Å².